The standard InChI is InChI=1S/C18H16F3NO2/c19-13-3-1-12(2-4-13)18(7-9-24-10-8-18)17(23)22-16-11-14(20)5-6-15(16)21/h1-6,11H,7-10H2,(H,22,23). The van der Waals surface area contributed by atoms with Gasteiger partial charge in [0.2, 0.25) is 5.91 Å². The van der Waals surface area contributed by atoms with Crippen LogP contribution in [0.2, 0.25) is 0 Å². The van der Waals surface area contributed by atoms with E-state index >= 15 is 0 Å². The van der Waals surface area contributed by atoms with Gasteiger partial charge < -0.3 is 10.1 Å². The third kappa shape index (κ3) is 3.14. The minimum atomic E-state index is -0.968. The quantitative estimate of drug-likeness (QED) is 0.927. The highest BCUT2D eigenvalue weighted by atomic mass is 19.1. The molecule has 1 amide bonds. The maximum absolute atomic E-state index is 13.8. The summed E-state index contributed by atoms with van der Waals surface area (Å²) < 4.78 is 45.7. The number of hydrogen-bond donors (Lipinski definition) is 1. The molecule has 1 aliphatic rings. The Labute approximate surface area is 137 Å². The molecule has 0 aliphatic carbocycles. The van der Waals surface area contributed by atoms with E-state index in [9.17, 15) is 18.0 Å². The van der Waals surface area contributed by atoms with Gasteiger partial charge in [-0.15, -0.1) is 0 Å². The van der Waals surface area contributed by atoms with E-state index in [1.165, 1.54) is 12.1 Å². The number of nitrogens with one attached hydrogen (secondary N) is 1. The second kappa shape index (κ2) is 6.65. The lowest BCUT2D eigenvalue weighted by Gasteiger charge is -2.36. The van der Waals surface area contributed by atoms with Crippen LogP contribution < -0.4 is 5.32 Å². The summed E-state index contributed by atoms with van der Waals surface area (Å²) in [6.45, 7) is 0.715. The molecule has 1 heterocycles. The van der Waals surface area contributed by atoms with Gasteiger partial charge in [0.05, 0.1) is 11.1 Å². The number of carbonyl (C=O) groups is 1. The summed E-state index contributed by atoms with van der Waals surface area (Å²) in [7, 11) is 0. The molecule has 2 aromatic rings. The van der Waals surface area contributed by atoms with E-state index in [4.69, 9.17) is 4.74 Å². The van der Waals surface area contributed by atoms with Crippen LogP contribution in [0.5, 0.6) is 0 Å². The van der Waals surface area contributed by atoms with Crippen molar-refractivity contribution in [1.29, 1.82) is 0 Å². The Morgan fingerprint density at radius 1 is 0.958 bits per heavy atom. The molecular formula is C18H16F3NO2. The average molecular weight is 335 g/mol. The molecule has 126 valence electrons. The van der Waals surface area contributed by atoms with Crippen molar-refractivity contribution >= 4 is 11.6 Å². The molecule has 0 aromatic heterocycles. The van der Waals surface area contributed by atoms with Crippen molar-refractivity contribution in [2.45, 2.75) is 18.3 Å². The first-order valence-electron chi connectivity index (χ1n) is 7.61. The van der Waals surface area contributed by atoms with Crippen molar-refractivity contribution in [3.05, 3.63) is 65.5 Å². The number of carbonyl (C=O) groups excluding carboxylic acids is 1. The first kappa shape index (κ1) is 16.5. The fraction of sp³-hybridized carbons (Fsp3) is 0.278. The summed E-state index contributed by atoms with van der Waals surface area (Å²) in [6.07, 6.45) is 0.753. The molecule has 0 radical (unpaired) electrons. The molecule has 3 rings (SSSR count). The van der Waals surface area contributed by atoms with Gasteiger partial charge in [-0.1, -0.05) is 12.1 Å². The number of anilines is 1. The molecule has 1 aliphatic heterocycles. The van der Waals surface area contributed by atoms with E-state index in [-0.39, 0.29) is 5.69 Å². The van der Waals surface area contributed by atoms with E-state index < -0.39 is 28.8 Å². The summed E-state index contributed by atoms with van der Waals surface area (Å²) in [5.41, 5.74) is -0.556. The van der Waals surface area contributed by atoms with Crippen LogP contribution >= 0.6 is 0 Å². The van der Waals surface area contributed by atoms with Crippen molar-refractivity contribution in [3.63, 3.8) is 0 Å². The first-order chi connectivity index (χ1) is 11.5. The van der Waals surface area contributed by atoms with Crippen molar-refractivity contribution in [2.24, 2.45) is 0 Å². The van der Waals surface area contributed by atoms with Crippen LogP contribution in [0.1, 0.15) is 18.4 Å². The first-order valence-corrected chi connectivity index (χ1v) is 7.61. The van der Waals surface area contributed by atoms with Gasteiger partial charge in [-0.3, -0.25) is 4.79 Å². The van der Waals surface area contributed by atoms with Crippen LogP contribution in [0.25, 0.3) is 0 Å². The highest BCUT2D eigenvalue weighted by molar-refractivity contribution is 5.99. The minimum absolute atomic E-state index is 0.215. The molecule has 0 atom stereocenters. The van der Waals surface area contributed by atoms with Gasteiger partial charge in [0, 0.05) is 19.3 Å². The SMILES string of the molecule is O=C(Nc1cc(F)ccc1F)C1(c2ccc(F)cc2)CCOCC1. The molecule has 0 spiro atoms. The Hall–Kier alpha value is -2.34. The lowest BCUT2D eigenvalue weighted by molar-refractivity contribution is -0.125. The molecule has 1 fully saturated rings. The maximum atomic E-state index is 13.8. The fourth-order valence-corrected chi connectivity index (χ4v) is 2.97. The fourth-order valence-electron chi connectivity index (χ4n) is 2.97. The number of rotatable bonds is 3. The van der Waals surface area contributed by atoms with E-state index in [0.717, 1.165) is 18.2 Å². The highest BCUT2D eigenvalue weighted by Gasteiger charge is 2.42. The molecular weight excluding hydrogens is 319 g/mol. The zero-order chi connectivity index (χ0) is 17.2. The molecule has 6 heteroatoms. The summed E-state index contributed by atoms with van der Waals surface area (Å²) >= 11 is 0. The molecule has 1 saturated heterocycles. The van der Waals surface area contributed by atoms with Crippen molar-refractivity contribution in [3.8, 4) is 0 Å². The largest absolute Gasteiger partial charge is 0.381 e. The van der Waals surface area contributed by atoms with Gasteiger partial charge in [-0.05, 0) is 42.7 Å². The Balaban J connectivity index is 1.95. The third-order valence-corrected chi connectivity index (χ3v) is 4.35. The van der Waals surface area contributed by atoms with Crippen molar-refractivity contribution in [2.75, 3.05) is 18.5 Å². The molecule has 3 nitrogen and oxygen atoms in total. The maximum Gasteiger partial charge on any atom is 0.235 e. The number of amides is 1. The van der Waals surface area contributed by atoms with E-state index in [1.807, 2.05) is 0 Å². The normalized spacial score (nSPS) is 16.6. The monoisotopic (exact) mass is 335 g/mol. The summed E-state index contributed by atoms with van der Waals surface area (Å²) in [5.74, 6) is -2.22. The van der Waals surface area contributed by atoms with Crippen LogP contribution in [0.15, 0.2) is 42.5 Å². The second-order valence-corrected chi connectivity index (χ2v) is 5.78. The predicted octanol–water partition coefficient (Wildman–Crippen LogP) is 3.79. The third-order valence-electron chi connectivity index (χ3n) is 4.35. The lowest BCUT2D eigenvalue weighted by atomic mass is 9.73. The van der Waals surface area contributed by atoms with Gasteiger partial charge in [-0.2, -0.15) is 0 Å². The number of ether oxygens (including phenoxy) is 1. The smallest absolute Gasteiger partial charge is 0.235 e. The molecule has 0 bridgehead atoms. The van der Waals surface area contributed by atoms with Crippen LogP contribution in [-0.2, 0) is 14.9 Å². The Bertz CT molecular complexity index is 740. The summed E-state index contributed by atoms with van der Waals surface area (Å²) in [4.78, 5) is 12.9. The highest BCUT2D eigenvalue weighted by Crippen LogP contribution is 2.36. The van der Waals surface area contributed by atoms with Crippen LogP contribution in [0.4, 0.5) is 18.9 Å². The van der Waals surface area contributed by atoms with Crippen molar-refractivity contribution in [1.82, 2.24) is 0 Å². The Kier molecular flexibility index (Phi) is 4.57. The zero-order valence-corrected chi connectivity index (χ0v) is 12.8. The second-order valence-electron chi connectivity index (χ2n) is 5.78. The molecule has 1 N–H and O–H groups in total. The molecule has 2 aromatic carbocycles. The lowest BCUT2D eigenvalue weighted by Crippen LogP contribution is -2.45. The Morgan fingerprint density at radius 3 is 2.25 bits per heavy atom. The Morgan fingerprint density at radius 2 is 1.58 bits per heavy atom. The number of hydrogen-bond acceptors (Lipinski definition) is 2. The molecule has 24 heavy (non-hydrogen) atoms. The van der Waals surface area contributed by atoms with Gasteiger partial charge >= 0.3 is 0 Å². The van der Waals surface area contributed by atoms with Crippen molar-refractivity contribution < 1.29 is 22.7 Å². The minimum Gasteiger partial charge on any atom is -0.381 e. The van der Waals surface area contributed by atoms with Gasteiger partial charge in [0.1, 0.15) is 17.5 Å². The van der Waals surface area contributed by atoms with Crippen LogP contribution in [0.3, 0.4) is 0 Å². The van der Waals surface area contributed by atoms with E-state index in [1.54, 1.807) is 12.1 Å². The predicted molar refractivity (Wildman–Crippen MR) is 83.1 cm³/mol. The summed E-state index contributed by atoms with van der Waals surface area (Å²) in [5, 5.41) is 2.47. The molecule has 0 unspecified atom stereocenters. The number of benzene rings is 2. The molecule has 0 saturated carbocycles. The van der Waals surface area contributed by atoms with Crippen LogP contribution in [0, 0.1) is 17.5 Å². The zero-order valence-electron chi connectivity index (χ0n) is 12.8. The van der Waals surface area contributed by atoms with Gasteiger partial charge in [-0.25, -0.2) is 13.2 Å². The van der Waals surface area contributed by atoms with E-state index in [2.05, 4.69) is 5.32 Å². The van der Waals surface area contributed by atoms with Gasteiger partial charge in [0.25, 0.3) is 0 Å². The summed E-state index contributed by atoms with van der Waals surface area (Å²) in [6, 6.07) is 8.52. The van der Waals surface area contributed by atoms with E-state index in [0.29, 0.717) is 31.6 Å². The van der Waals surface area contributed by atoms with Gasteiger partial charge in [0.15, 0.2) is 0 Å². The average Bonchev–Trinajstić information content (AvgIpc) is 2.59. The van der Waals surface area contributed by atoms with Crippen LogP contribution in [-0.4, -0.2) is 19.1 Å². The number of halogens is 3. The topological polar surface area (TPSA) is 38.3 Å².